The van der Waals surface area contributed by atoms with Gasteiger partial charge in [0.15, 0.2) is 10.9 Å². The number of nitrogens with zero attached hydrogens (tertiary/aromatic N) is 1. The maximum Gasteiger partial charge on any atom is 0.258 e. The molecule has 1 aromatic heterocycles. The number of carbonyl (C=O) groups excluding carboxylic acids is 2. The number of carbonyl (C=O) groups is 2. The number of nitrogens with one attached hydrogen (secondary N) is 1. The zero-order valence-electron chi connectivity index (χ0n) is 13.4. The highest BCUT2D eigenvalue weighted by Crippen LogP contribution is 2.27. The van der Waals surface area contributed by atoms with Crippen molar-refractivity contribution in [2.24, 2.45) is 0 Å². The third kappa shape index (κ3) is 3.26. The fourth-order valence-corrected chi connectivity index (χ4v) is 3.17. The molecule has 0 bridgehead atoms. The van der Waals surface area contributed by atoms with Gasteiger partial charge in [-0.05, 0) is 25.5 Å². The molecule has 0 aliphatic rings. The van der Waals surface area contributed by atoms with Gasteiger partial charge in [0.25, 0.3) is 5.91 Å². The van der Waals surface area contributed by atoms with Gasteiger partial charge >= 0.3 is 0 Å². The minimum atomic E-state index is -0.327. The minimum Gasteiger partial charge on any atom is -0.298 e. The van der Waals surface area contributed by atoms with Crippen LogP contribution in [-0.4, -0.2) is 16.7 Å². The summed E-state index contributed by atoms with van der Waals surface area (Å²) in [6.45, 7) is 3.47. The van der Waals surface area contributed by atoms with Crippen LogP contribution >= 0.6 is 11.3 Å². The summed E-state index contributed by atoms with van der Waals surface area (Å²) in [5.74, 6) is -0.466. The standard InChI is InChI=1S/C19H16N2O2S/c1-12-7-3-4-8-14(12)17-11-24-19(20-17)21-18(23)16-10-6-5-9-15(16)13(2)22/h3-11H,1-2H3,(H,20,21,23). The van der Waals surface area contributed by atoms with E-state index >= 15 is 0 Å². The smallest absolute Gasteiger partial charge is 0.258 e. The summed E-state index contributed by atoms with van der Waals surface area (Å²) in [6, 6.07) is 14.7. The van der Waals surface area contributed by atoms with Gasteiger partial charge in [0, 0.05) is 16.5 Å². The van der Waals surface area contributed by atoms with E-state index in [1.54, 1.807) is 24.3 Å². The minimum absolute atomic E-state index is 0.138. The average Bonchev–Trinajstić information content (AvgIpc) is 3.03. The van der Waals surface area contributed by atoms with Crippen LogP contribution in [0, 0.1) is 6.92 Å². The maximum atomic E-state index is 12.5. The number of aryl methyl sites for hydroxylation is 1. The summed E-state index contributed by atoms with van der Waals surface area (Å²) in [7, 11) is 0. The molecular weight excluding hydrogens is 320 g/mol. The number of ketones is 1. The Bertz CT molecular complexity index is 915. The van der Waals surface area contributed by atoms with Crippen molar-refractivity contribution in [2.75, 3.05) is 5.32 Å². The Morgan fingerprint density at radius 2 is 1.67 bits per heavy atom. The van der Waals surface area contributed by atoms with Crippen LogP contribution in [0.25, 0.3) is 11.3 Å². The van der Waals surface area contributed by atoms with Crippen LogP contribution in [0.1, 0.15) is 33.2 Å². The summed E-state index contributed by atoms with van der Waals surface area (Å²) in [6.07, 6.45) is 0. The van der Waals surface area contributed by atoms with Crippen LogP contribution in [0.5, 0.6) is 0 Å². The van der Waals surface area contributed by atoms with Crippen molar-refractivity contribution in [2.45, 2.75) is 13.8 Å². The van der Waals surface area contributed by atoms with Crippen LogP contribution in [0.15, 0.2) is 53.9 Å². The largest absolute Gasteiger partial charge is 0.298 e. The van der Waals surface area contributed by atoms with Gasteiger partial charge in [0.1, 0.15) is 0 Å². The number of rotatable bonds is 4. The predicted octanol–water partition coefficient (Wildman–Crippen LogP) is 4.57. The van der Waals surface area contributed by atoms with E-state index in [1.165, 1.54) is 18.3 Å². The molecule has 4 nitrogen and oxygen atoms in total. The van der Waals surface area contributed by atoms with Gasteiger partial charge in [-0.1, -0.05) is 42.5 Å². The van der Waals surface area contributed by atoms with Gasteiger partial charge in [0.05, 0.1) is 11.3 Å². The Balaban J connectivity index is 1.84. The normalized spacial score (nSPS) is 10.4. The number of Topliss-reactive ketones (excluding diaryl/α,β-unsaturated/α-hetero) is 1. The van der Waals surface area contributed by atoms with Gasteiger partial charge in [-0.25, -0.2) is 4.98 Å². The molecule has 3 rings (SSSR count). The summed E-state index contributed by atoms with van der Waals surface area (Å²) in [4.78, 5) is 28.6. The van der Waals surface area contributed by atoms with Crippen LogP contribution in [0.4, 0.5) is 5.13 Å². The van der Waals surface area contributed by atoms with E-state index in [0.29, 0.717) is 16.3 Å². The van der Waals surface area contributed by atoms with Crippen molar-refractivity contribution in [3.63, 3.8) is 0 Å². The van der Waals surface area contributed by atoms with Crippen LogP contribution < -0.4 is 5.32 Å². The van der Waals surface area contributed by atoms with E-state index in [9.17, 15) is 9.59 Å². The fraction of sp³-hybridized carbons (Fsp3) is 0.105. The number of hydrogen-bond acceptors (Lipinski definition) is 4. The first kappa shape index (κ1) is 16.1. The van der Waals surface area contributed by atoms with E-state index in [0.717, 1.165) is 16.8 Å². The lowest BCUT2D eigenvalue weighted by Crippen LogP contribution is -2.15. The number of amides is 1. The molecular formula is C19H16N2O2S. The quantitative estimate of drug-likeness (QED) is 0.710. The second-order valence-corrected chi connectivity index (χ2v) is 6.27. The van der Waals surface area contributed by atoms with Crippen molar-refractivity contribution in [3.8, 4) is 11.3 Å². The number of anilines is 1. The summed E-state index contributed by atoms with van der Waals surface area (Å²) in [5, 5.41) is 5.20. The Kier molecular flexibility index (Phi) is 4.53. The van der Waals surface area contributed by atoms with E-state index < -0.39 is 0 Å². The summed E-state index contributed by atoms with van der Waals surface area (Å²) < 4.78 is 0. The van der Waals surface area contributed by atoms with Crippen molar-refractivity contribution < 1.29 is 9.59 Å². The summed E-state index contributed by atoms with van der Waals surface area (Å²) >= 11 is 1.36. The fourth-order valence-electron chi connectivity index (χ4n) is 2.47. The van der Waals surface area contributed by atoms with E-state index in [2.05, 4.69) is 10.3 Å². The molecule has 0 radical (unpaired) electrons. The lowest BCUT2D eigenvalue weighted by Gasteiger charge is -2.06. The molecule has 24 heavy (non-hydrogen) atoms. The summed E-state index contributed by atoms with van der Waals surface area (Å²) in [5.41, 5.74) is 3.76. The molecule has 0 fully saturated rings. The molecule has 1 N–H and O–H groups in total. The van der Waals surface area contributed by atoms with Crippen molar-refractivity contribution in [1.82, 2.24) is 4.98 Å². The first-order chi connectivity index (χ1) is 11.6. The van der Waals surface area contributed by atoms with Crippen molar-refractivity contribution >= 4 is 28.2 Å². The van der Waals surface area contributed by atoms with Gasteiger partial charge in [-0.2, -0.15) is 0 Å². The average molecular weight is 336 g/mol. The second kappa shape index (κ2) is 6.76. The van der Waals surface area contributed by atoms with Crippen LogP contribution in [-0.2, 0) is 0 Å². The zero-order chi connectivity index (χ0) is 17.1. The Labute approximate surface area is 144 Å². The first-order valence-electron chi connectivity index (χ1n) is 7.49. The molecule has 0 aliphatic heterocycles. The highest BCUT2D eigenvalue weighted by atomic mass is 32.1. The third-order valence-corrected chi connectivity index (χ3v) is 4.45. The molecule has 0 atom stereocenters. The third-order valence-electron chi connectivity index (χ3n) is 3.70. The molecule has 0 aliphatic carbocycles. The Hall–Kier alpha value is -2.79. The SMILES string of the molecule is CC(=O)c1ccccc1C(=O)Nc1nc(-c2ccccc2C)cs1. The van der Waals surface area contributed by atoms with Gasteiger partial charge in [0.2, 0.25) is 0 Å². The second-order valence-electron chi connectivity index (χ2n) is 5.41. The topological polar surface area (TPSA) is 59.1 Å². The molecule has 0 saturated heterocycles. The van der Waals surface area contributed by atoms with Gasteiger partial charge < -0.3 is 0 Å². The lowest BCUT2D eigenvalue weighted by atomic mass is 10.0. The van der Waals surface area contributed by atoms with E-state index in [4.69, 9.17) is 0 Å². The number of aromatic nitrogens is 1. The van der Waals surface area contributed by atoms with Crippen molar-refractivity contribution in [1.29, 1.82) is 0 Å². The molecule has 0 saturated carbocycles. The molecule has 2 aromatic carbocycles. The molecule has 0 spiro atoms. The Morgan fingerprint density at radius 3 is 2.38 bits per heavy atom. The zero-order valence-corrected chi connectivity index (χ0v) is 14.2. The molecule has 1 heterocycles. The number of thiazole rings is 1. The predicted molar refractivity (Wildman–Crippen MR) is 96.7 cm³/mol. The molecule has 0 unspecified atom stereocenters. The van der Waals surface area contributed by atoms with Crippen LogP contribution in [0.2, 0.25) is 0 Å². The number of hydrogen-bond donors (Lipinski definition) is 1. The molecule has 1 amide bonds. The molecule has 3 aromatic rings. The highest BCUT2D eigenvalue weighted by Gasteiger charge is 2.15. The van der Waals surface area contributed by atoms with E-state index in [1.807, 2.05) is 36.6 Å². The maximum absolute atomic E-state index is 12.5. The monoisotopic (exact) mass is 336 g/mol. The van der Waals surface area contributed by atoms with Crippen molar-refractivity contribution in [3.05, 3.63) is 70.6 Å². The number of benzene rings is 2. The van der Waals surface area contributed by atoms with Gasteiger partial charge in [-0.15, -0.1) is 11.3 Å². The van der Waals surface area contributed by atoms with Crippen LogP contribution in [0.3, 0.4) is 0 Å². The molecule has 5 heteroatoms. The van der Waals surface area contributed by atoms with E-state index in [-0.39, 0.29) is 11.7 Å². The van der Waals surface area contributed by atoms with Gasteiger partial charge in [-0.3, -0.25) is 14.9 Å². The lowest BCUT2D eigenvalue weighted by molar-refractivity contribution is 0.0985. The highest BCUT2D eigenvalue weighted by molar-refractivity contribution is 7.14. The molecule has 120 valence electrons. The Morgan fingerprint density at radius 1 is 1.00 bits per heavy atom. The first-order valence-corrected chi connectivity index (χ1v) is 8.37.